The maximum Gasteiger partial charge on any atom is 0.338 e. The van der Waals surface area contributed by atoms with Gasteiger partial charge in [0.1, 0.15) is 0 Å². The Bertz CT molecular complexity index is 683. The molecule has 2 aromatic carbocycles. The number of non-ortho nitro benzene ring substituents is 1. The van der Waals surface area contributed by atoms with Crippen LogP contribution >= 0.6 is 0 Å². The predicted molar refractivity (Wildman–Crippen MR) is 78.5 cm³/mol. The third-order valence-electron chi connectivity index (χ3n) is 2.71. The minimum Gasteiger partial charge on any atom is -0.452 e. The molecule has 2 aromatic rings. The highest BCUT2D eigenvalue weighted by molar-refractivity contribution is 5.95. The van der Waals surface area contributed by atoms with Gasteiger partial charge in [-0.05, 0) is 24.3 Å². The lowest BCUT2D eigenvalue weighted by atomic mass is 10.2. The predicted octanol–water partition coefficient (Wildman–Crippen LogP) is 2.39. The zero-order chi connectivity index (χ0) is 15.9. The van der Waals surface area contributed by atoms with E-state index in [1.165, 1.54) is 24.3 Å². The second-order valence-electron chi connectivity index (χ2n) is 4.29. The molecule has 0 saturated heterocycles. The van der Waals surface area contributed by atoms with Crippen LogP contribution in [0.3, 0.4) is 0 Å². The molecule has 0 aliphatic heterocycles. The normalized spacial score (nSPS) is 9.82. The zero-order valence-corrected chi connectivity index (χ0v) is 11.4. The molecule has 0 bridgehead atoms. The van der Waals surface area contributed by atoms with E-state index in [9.17, 15) is 19.7 Å². The maximum atomic E-state index is 11.6. The van der Waals surface area contributed by atoms with Crippen molar-refractivity contribution in [2.75, 3.05) is 11.9 Å². The van der Waals surface area contributed by atoms with Crippen LogP contribution in [-0.4, -0.2) is 23.4 Å². The molecule has 0 atom stereocenters. The van der Waals surface area contributed by atoms with Crippen molar-refractivity contribution in [2.24, 2.45) is 0 Å². The van der Waals surface area contributed by atoms with Gasteiger partial charge in [-0.1, -0.05) is 18.2 Å². The van der Waals surface area contributed by atoms with Crippen LogP contribution in [0.4, 0.5) is 11.4 Å². The first-order chi connectivity index (χ1) is 10.6. The molecule has 1 N–H and O–H groups in total. The van der Waals surface area contributed by atoms with Crippen molar-refractivity contribution in [1.29, 1.82) is 0 Å². The van der Waals surface area contributed by atoms with Crippen LogP contribution in [0.25, 0.3) is 0 Å². The van der Waals surface area contributed by atoms with Crippen molar-refractivity contribution >= 4 is 23.3 Å². The first-order valence-corrected chi connectivity index (χ1v) is 6.33. The van der Waals surface area contributed by atoms with E-state index in [1.54, 1.807) is 30.3 Å². The topological polar surface area (TPSA) is 98.5 Å². The SMILES string of the molecule is O=C(COC(=O)c1ccccc1)Nc1ccc([N+](=O)[O-])cc1. The number of rotatable bonds is 5. The largest absolute Gasteiger partial charge is 0.452 e. The molecule has 0 fully saturated rings. The average Bonchev–Trinajstić information content (AvgIpc) is 2.54. The molecule has 7 heteroatoms. The molecule has 0 heterocycles. The molecule has 112 valence electrons. The summed E-state index contributed by atoms with van der Waals surface area (Å²) < 4.78 is 4.86. The van der Waals surface area contributed by atoms with E-state index in [4.69, 9.17) is 4.74 Å². The van der Waals surface area contributed by atoms with E-state index in [1.807, 2.05) is 0 Å². The second kappa shape index (κ2) is 6.98. The van der Waals surface area contributed by atoms with E-state index in [-0.39, 0.29) is 5.69 Å². The van der Waals surface area contributed by atoms with E-state index in [0.717, 1.165) is 0 Å². The summed E-state index contributed by atoms with van der Waals surface area (Å²) in [6.07, 6.45) is 0. The number of carbonyl (C=O) groups excluding carboxylic acids is 2. The Morgan fingerprint density at radius 2 is 1.68 bits per heavy atom. The summed E-state index contributed by atoms with van der Waals surface area (Å²) in [6.45, 7) is -0.440. The number of hydrogen-bond acceptors (Lipinski definition) is 5. The number of esters is 1. The van der Waals surface area contributed by atoms with Gasteiger partial charge < -0.3 is 10.1 Å². The van der Waals surface area contributed by atoms with Crippen LogP contribution in [0.2, 0.25) is 0 Å². The van der Waals surface area contributed by atoms with Crippen LogP contribution in [-0.2, 0) is 9.53 Å². The molecule has 22 heavy (non-hydrogen) atoms. The monoisotopic (exact) mass is 300 g/mol. The molecule has 0 aliphatic carbocycles. The summed E-state index contributed by atoms with van der Waals surface area (Å²) in [4.78, 5) is 33.3. The Hall–Kier alpha value is -3.22. The van der Waals surface area contributed by atoms with Gasteiger partial charge in [0.2, 0.25) is 0 Å². The van der Waals surface area contributed by atoms with E-state index in [0.29, 0.717) is 11.3 Å². The first-order valence-electron chi connectivity index (χ1n) is 6.33. The number of amides is 1. The molecule has 1 amide bonds. The fraction of sp³-hybridized carbons (Fsp3) is 0.0667. The summed E-state index contributed by atoms with van der Waals surface area (Å²) >= 11 is 0. The van der Waals surface area contributed by atoms with Gasteiger partial charge in [-0.3, -0.25) is 14.9 Å². The van der Waals surface area contributed by atoms with Crippen LogP contribution < -0.4 is 5.32 Å². The van der Waals surface area contributed by atoms with Gasteiger partial charge in [-0.25, -0.2) is 4.79 Å². The van der Waals surface area contributed by atoms with E-state index < -0.39 is 23.4 Å². The summed E-state index contributed by atoms with van der Waals surface area (Å²) in [5, 5.41) is 13.0. The Balaban J connectivity index is 1.85. The Morgan fingerprint density at radius 3 is 2.27 bits per heavy atom. The second-order valence-corrected chi connectivity index (χ2v) is 4.29. The number of carbonyl (C=O) groups is 2. The number of nitro groups is 1. The van der Waals surface area contributed by atoms with Gasteiger partial charge in [0.05, 0.1) is 10.5 Å². The minimum atomic E-state index is -0.598. The van der Waals surface area contributed by atoms with Crippen molar-refractivity contribution in [2.45, 2.75) is 0 Å². The molecule has 7 nitrogen and oxygen atoms in total. The molecule has 0 spiro atoms. The Kier molecular flexibility index (Phi) is 4.81. The Morgan fingerprint density at radius 1 is 1.05 bits per heavy atom. The fourth-order valence-electron chi connectivity index (χ4n) is 1.65. The summed E-state index contributed by atoms with van der Waals surface area (Å²) in [5.41, 5.74) is 0.658. The third-order valence-corrected chi connectivity index (χ3v) is 2.71. The van der Waals surface area contributed by atoms with Gasteiger partial charge in [0, 0.05) is 17.8 Å². The maximum absolute atomic E-state index is 11.6. The summed E-state index contributed by atoms with van der Waals surface area (Å²) in [7, 11) is 0. The smallest absolute Gasteiger partial charge is 0.338 e. The van der Waals surface area contributed by atoms with Crippen LogP contribution in [0.1, 0.15) is 10.4 Å². The highest BCUT2D eigenvalue weighted by atomic mass is 16.6. The standard InChI is InChI=1S/C15H12N2O5/c18-14(10-22-15(19)11-4-2-1-3-5-11)16-12-6-8-13(9-7-12)17(20)21/h1-9H,10H2,(H,16,18). The molecular weight excluding hydrogens is 288 g/mol. The number of anilines is 1. The highest BCUT2D eigenvalue weighted by Gasteiger charge is 2.10. The van der Waals surface area contributed by atoms with Crippen LogP contribution in [0.5, 0.6) is 0 Å². The number of ether oxygens (including phenoxy) is 1. The van der Waals surface area contributed by atoms with Crippen molar-refractivity contribution in [3.63, 3.8) is 0 Å². The van der Waals surface area contributed by atoms with E-state index in [2.05, 4.69) is 5.32 Å². The summed E-state index contributed by atoms with van der Waals surface area (Å²) in [6, 6.07) is 13.6. The summed E-state index contributed by atoms with van der Waals surface area (Å²) in [5.74, 6) is -1.13. The highest BCUT2D eigenvalue weighted by Crippen LogP contribution is 2.15. The quantitative estimate of drug-likeness (QED) is 0.519. The average molecular weight is 300 g/mol. The molecule has 2 rings (SSSR count). The molecule has 0 aromatic heterocycles. The lowest BCUT2D eigenvalue weighted by molar-refractivity contribution is -0.384. The molecular formula is C15H12N2O5. The van der Waals surface area contributed by atoms with Gasteiger partial charge in [0.25, 0.3) is 11.6 Å². The van der Waals surface area contributed by atoms with Gasteiger partial charge in [0.15, 0.2) is 6.61 Å². The van der Waals surface area contributed by atoms with Crippen molar-refractivity contribution in [3.05, 3.63) is 70.3 Å². The molecule has 0 saturated carbocycles. The van der Waals surface area contributed by atoms with Gasteiger partial charge >= 0.3 is 5.97 Å². The zero-order valence-electron chi connectivity index (χ0n) is 11.4. The van der Waals surface area contributed by atoms with Crippen molar-refractivity contribution in [3.8, 4) is 0 Å². The van der Waals surface area contributed by atoms with E-state index >= 15 is 0 Å². The first kappa shape index (κ1) is 15.2. The Labute approximate surface area is 125 Å². The minimum absolute atomic E-state index is 0.0755. The van der Waals surface area contributed by atoms with Gasteiger partial charge in [-0.15, -0.1) is 0 Å². The van der Waals surface area contributed by atoms with Crippen molar-refractivity contribution < 1.29 is 19.2 Å². The van der Waals surface area contributed by atoms with Gasteiger partial charge in [-0.2, -0.15) is 0 Å². The molecule has 0 aliphatic rings. The lowest BCUT2D eigenvalue weighted by Gasteiger charge is -2.06. The lowest BCUT2D eigenvalue weighted by Crippen LogP contribution is -2.20. The number of hydrogen-bond donors (Lipinski definition) is 1. The van der Waals surface area contributed by atoms with Crippen molar-refractivity contribution in [1.82, 2.24) is 0 Å². The number of nitro benzene ring substituents is 1. The molecule has 0 unspecified atom stereocenters. The number of nitrogens with zero attached hydrogens (tertiary/aromatic N) is 1. The number of benzene rings is 2. The fourth-order valence-corrected chi connectivity index (χ4v) is 1.65. The van der Waals surface area contributed by atoms with Crippen LogP contribution in [0, 0.1) is 10.1 Å². The number of nitrogens with one attached hydrogen (secondary N) is 1. The third kappa shape index (κ3) is 4.14. The molecule has 0 radical (unpaired) electrons. The van der Waals surface area contributed by atoms with Crippen LogP contribution in [0.15, 0.2) is 54.6 Å².